The molecule has 150 valence electrons. The Morgan fingerprint density at radius 1 is 1.07 bits per heavy atom. The van der Waals surface area contributed by atoms with Gasteiger partial charge in [0, 0.05) is 25.6 Å². The molecule has 1 aliphatic rings. The van der Waals surface area contributed by atoms with E-state index in [-0.39, 0.29) is 11.8 Å². The first-order valence-electron chi connectivity index (χ1n) is 10.2. The number of nitrogens with zero attached hydrogens (tertiary/aromatic N) is 2. The van der Waals surface area contributed by atoms with Crippen LogP contribution in [0, 0.1) is 5.92 Å². The summed E-state index contributed by atoms with van der Waals surface area (Å²) >= 11 is 0. The van der Waals surface area contributed by atoms with Crippen LogP contribution in [0.2, 0.25) is 0 Å². The SMILES string of the molecule is CCNC(=NCC(c1ccccc1)N1CCCC1)NCCNC(=O)C(C)C. The Hall–Kier alpha value is -2.08. The summed E-state index contributed by atoms with van der Waals surface area (Å²) in [6.07, 6.45) is 2.53. The number of rotatable bonds is 9. The van der Waals surface area contributed by atoms with Crippen molar-refractivity contribution in [2.24, 2.45) is 10.9 Å². The van der Waals surface area contributed by atoms with Crippen molar-refractivity contribution in [1.82, 2.24) is 20.9 Å². The van der Waals surface area contributed by atoms with Gasteiger partial charge in [0.05, 0.1) is 12.6 Å². The topological polar surface area (TPSA) is 68.8 Å². The average Bonchev–Trinajstić information content (AvgIpc) is 3.20. The molecule has 0 saturated carbocycles. The van der Waals surface area contributed by atoms with Gasteiger partial charge in [0.15, 0.2) is 5.96 Å². The molecule has 3 N–H and O–H groups in total. The summed E-state index contributed by atoms with van der Waals surface area (Å²) in [5, 5.41) is 9.54. The van der Waals surface area contributed by atoms with Crippen LogP contribution in [-0.4, -0.2) is 56.0 Å². The molecular weight excluding hydrogens is 338 g/mol. The maximum atomic E-state index is 11.6. The Kier molecular flexibility index (Phi) is 9.11. The summed E-state index contributed by atoms with van der Waals surface area (Å²) in [4.78, 5) is 19.0. The van der Waals surface area contributed by atoms with E-state index in [1.807, 2.05) is 13.8 Å². The van der Waals surface area contributed by atoms with Gasteiger partial charge in [-0.2, -0.15) is 0 Å². The Labute approximate surface area is 163 Å². The van der Waals surface area contributed by atoms with Crippen molar-refractivity contribution < 1.29 is 4.79 Å². The summed E-state index contributed by atoms with van der Waals surface area (Å²) in [6, 6.07) is 11.0. The van der Waals surface area contributed by atoms with Crippen LogP contribution in [0.25, 0.3) is 0 Å². The van der Waals surface area contributed by atoms with Crippen LogP contribution >= 0.6 is 0 Å². The minimum absolute atomic E-state index is 0.0130. The number of carbonyl (C=O) groups excluding carboxylic acids is 1. The highest BCUT2D eigenvalue weighted by Crippen LogP contribution is 2.25. The van der Waals surface area contributed by atoms with Gasteiger partial charge in [0.2, 0.25) is 5.91 Å². The molecule has 0 aromatic heterocycles. The first kappa shape index (κ1) is 21.2. The quantitative estimate of drug-likeness (QED) is 0.352. The normalized spacial score (nSPS) is 16.4. The third-order valence-electron chi connectivity index (χ3n) is 4.77. The molecule has 6 heteroatoms. The Morgan fingerprint density at radius 2 is 1.74 bits per heavy atom. The van der Waals surface area contributed by atoms with Crippen LogP contribution in [0.1, 0.15) is 45.2 Å². The van der Waals surface area contributed by atoms with Gasteiger partial charge in [-0.15, -0.1) is 0 Å². The number of hydrogen-bond donors (Lipinski definition) is 3. The van der Waals surface area contributed by atoms with Crippen LogP contribution in [0.15, 0.2) is 35.3 Å². The molecule has 0 spiro atoms. The molecule has 1 aliphatic heterocycles. The van der Waals surface area contributed by atoms with E-state index in [2.05, 4.69) is 58.1 Å². The highest BCUT2D eigenvalue weighted by molar-refractivity contribution is 5.80. The molecule has 27 heavy (non-hydrogen) atoms. The summed E-state index contributed by atoms with van der Waals surface area (Å²) in [5.74, 6) is 0.896. The fourth-order valence-corrected chi connectivity index (χ4v) is 3.25. The van der Waals surface area contributed by atoms with E-state index in [0.717, 1.165) is 32.1 Å². The average molecular weight is 374 g/mol. The summed E-state index contributed by atoms with van der Waals surface area (Å²) in [7, 11) is 0. The molecule has 0 radical (unpaired) electrons. The zero-order valence-electron chi connectivity index (χ0n) is 17.0. The lowest BCUT2D eigenvalue weighted by molar-refractivity contribution is -0.123. The van der Waals surface area contributed by atoms with E-state index >= 15 is 0 Å². The van der Waals surface area contributed by atoms with Crippen molar-refractivity contribution >= 4 is 11.9 Å². The van der Waals surface area contributed by atoms with E-state index in [1.54, 1.807) is 0 Å². The van der Waals surface area contributed by atoms with E-state index in [4.69, 9.17) is 4.99 Å². The lowest BCUT2D eigenvalue weighted by Gasteiger charge is -2.27. The highest BCUT2D eigenvalue weighted by Gasteiger charge is 2.23. The van der Waals surface area contributed by atoms with Gasteiger partial charge in [-0.25, -0.2) is 0 Å². The van der Waals surface area contributed by atoms with Crippen LogP contribution in [0.5, 0.6) is 0 Å². The first-order chi connectivity index (χ1) is 13.1. The molecule has 1 amide bonds. The van der Waals surface area contributed by atoms with Crippen LogP contribution in [0.3, 0.4) is 0 Å². The third kappa shape index (κ3) is 7.21. The molecule has 1 fully saturated rings. The van der Waals surface area contributed by atoms with Crippen molar-refractivity contribution in [3.8, 4) is 0 Å². The lowest BCUT2D eigenvalue weighted by Crippen LogP contribution is -2.42. The number of guanidine groups is 1. The van der Waals surface area contributed by atoms with Crippen molar-refractivity contribution in [2.75, 3.05) is 39.3 Å². The second kappa shape index (κ2) is 11.6. The molecule has 1 atom stereocenters. The van der Waals surface area contributed by atoms with Gasteiger partial charge in [-0.05, 0) is 38.4 Å². The predicted octanol–water partition coefficient (Wildman–Crippen LogP) is 2.15. The second-order valence-corrected chi connectivity index (χ2v) is 7.26. The maximum absolute atomic E-state index is 11.6. The third-order valence-corrected chi connectivity index (χ3v) is 4.77. The molecular formula is C21H35N5O. The number of benzene rings is 1. The predicted molar refractivity (Wildman–Crippen MR) is 112 cm³/mol. The van der Waals surface area contributed by atoms with E-state index in [0.29, 0.717) is 19.1 Å². The lowest BCUT2D eigenvalue weighted by atomic mass is 10.1. The van der Waals surface area contributed by atoms with Gasteiger partial charge in [0.25, 0.3) is 0 Å². The fourth-order valence-electron chi connectivity index (χ4n) is 3.25. The summed E-state index contributed by atoms with van der Waals surface area (Å²) < 4.78 is 0. The molecule has 1 aromatic carbocycles. The van der Waals surface area contributed by atoms with Crippen LogP contribution < -0.4 is 16.0 Å². The Bertz CT molecular complexity index is 581. The van der Waals surface area contributed by atoms with Crippen LogP contribution in [0.4, 0.5) is 0 Å². The monoisotopic (exact) mass is 373 g/mol. The van der Waals surface area contributed by atoms with Crippen LogP contribution in [-0.2, 0) is 4.79 Å². The van der Waals surface area contributed by atoms with E-state index in [9.17, 15) is 4.79 Å². The standard InChI is InChI=1S/C21H35N5O/c1-4-22-21(24-13-12-23-20(27)17(2)3)25-16-19(26-14-8-9-15-26)18-10-6-5-7-11-18/h5-7,10-11,17,19H,4,8-9,12-16H2,1-3H3,(H,23,27)(H2,22,24,25). The largest absolute Gasteiger partial charge is 0.357 e. The molecule has 6 nitrogen and oxygen atoms in total. The number of amides is 1. The van der Waals surface area contributed by atoms with Crippen molar-refractivity contribution in [2.45, 2.75) is 39.7 Å². The van der Waals surface area contributed by atoms with Gasteiger partial charge in [-0.1, -0.05) is 44.2 Å². The smallest absolute Gasteiger partial charge is 0.222 e. The Balaban J connectivity index is 1.94. The van der Waals surface area contributed by atoms with Gasteiger partial charge < -0.3 is 16.0 Å². The van der Waals surface area contributed by atoms with Crippen molar-refractivity contribution in [3.63, 3.8) is 0 Å². The number of likely N-dealkylation sites (tertiary alicyclic amines) is 1. The molecule has 0 aliphatic carbocycles. The fraction of sp³-hybridized carbons (Fsp3) is 0.619. The number of aliphatic imine (C=N–C) groups is 1. The number of carbonyl (C=O) groups is 1. The zero-order chi connectivity index (χ0) is 19.5. The molecule has 1 heterocycles. The second-order valence-electron chi connectivity index (χ2n) is 7.26. The highest BCUT2D eigenvalue weighted by atomic mass is 16.1. The van der Waals surface area contributed by atoms with Gasteiger partial charge in [-0.3, -0.25) is 14.7 Å². The number of hydrogen-bond acceptors (Lipinski definition) is 3. The summed E-state index contributed by atoms with van der Waals surface area (Å²) in [6.45, 7) is 10.9. The van der Waals surface area contributed by atoms with Crippen molar-refractivity contribution in [3.05, 3.63) is 35.9 Å². The summed E-state index contributed by atoms with van der Waals surface area (Å²) in [5.41, 5.74) is 1.32. The molecule has 1 unspecified atom stereocenters. The number of nitrogens with one attached hydrogen (secondary N) is 3. The molecule has 1 saturated heterocycles. The molecule has 0 bridgehead atoms. The first-order valence-corrected chi connectivity index (χ1v) is 10.2. The van der Waals surface area contributed by atoms with Gasteiger partial charge in [0.1, 0.15) is 0 Å². The maximum Gasteiger partial charge on any atom is 0.222 e. The van der Waals surface area contributed by atoms with Crippen molar-refractivity contribution in [1.29, 1.82) is 0 Å². The van der Waals surface area contributed by atoms with E-state index < -0.39 is 0 Å². The zero-order valence-corrected chi connectivity index (χ0v) is 17.0. The molecule has 2 rings (SSSR count). The minimum atomic E-state index is 0.0130. The van der Waals surface area contributed by atoms with Gasteiger partial charge >= 0.3 is 0 Å². The van der Waals surface area contributed by atoms with E-state index in [1.165, 1.54) is 18.4 Å². The molecule has 1 aromatic rings. The Morgan fingerprint density at radius 3 is 2.37 bits per heavy atom. The minimum Gasteiger partial charge on any atom is -0.357 e.